The molecule has 1 atom stereocenters. The third kappa shape index (κ3) is 4.17. The molecule has 1 N–H and O–H groups in total. The fourth-order valence-electron chi connectivity index (χ4n) is 2.13. The van der Waals surface area contributed by atoms with Crippen LogP contribution in [0.15, 0.2) is 23.2 Å². The number of rotatable bonds is 4. The van der Waals surface area contributed by atoms with Gasteiger partial charge in [0.2, 0.25) is 0 Å². The Labute approximate surface area is 120 Å². The first-order valence-corrected chi connectivity index (χ1v) is 6.52. The van der Waals surface area contributed by atoms with E-state index in [0.717, 1.165) is 0 Å². The van der Waals surface area contributed by atoms with Crippen molar-refractivity contribution in [1.29, 1.82) is 0 Å². The van der Waals surface area contributed by atoms with Gasteiger partial charge in [-0.05, 0) is 25.1 Å². The monoisotopic (exact) mass is 304 g/mol. The predicted molar refractivity (Wildman–Crippen MR) is 72.2 cm³/mol. The molecule has 2 rings (SSSR count). The molecule has 1 heterocycles. The number of nitrogens with zero attached hydrogens (tertiary/aromatic N) is 1. The van der Waals surface area contributed by atoms with Crippen LogP contribution in [-0.2, 0) is 10.3 Å². The van der Waals surface area contributed by atoms with Gasteiger partial charge < -0.3 is 10.1 Å². The van der Waals surface area contributed by atoms with Crippen molar-refractivity contribution >= 4 is 11.9 Å². The van der Waals surface area contributed by atoms with Gasteiger partial charge in [-0.15, -0.1) is 0 Å². The molecule has 0 bridgehead atoms. The molecule has 116 valence electrons. The SMILES string of the molecule is C[C@@]1(c2cc(NCCC(F)(F)F)ccc2F)COCC=N1. The van der Waals surface area contributed by atoms with E-state index in [1.807, 2.05) is 0 Å². The van der Waals surface area contributed by atoms with Crippen LogP contribution in [0.2, 0.25) is 0 Å². The van der Waals surface area contributed by atoms with Crippen molar-refractivity contribution in [3.63, 3.8) is 0 Å². The molecule has 7 heteroatoms. The van der Waals surface area contributed by atoms with Gasteiger partial charge in [-0.2, -0.15) is 13.2 Å². The lowest BCUT2D eigenvalue weighted by molar-refractivity contribution is -0.131. The van der Waals surface area contributed by atoms with Crippen LogP contribution in [0.1, 0.15) is 18.9 Å². The minimum absolute atomic E-state index is 0.229. The standard InChI is InChI=1S/C14H16F4N2O/c1-13(9-21-7-6-20-13)11-8-10(2-3-12(11)15)19-5-4-14(16,17)18/h2-3,6,8,19H,4-5,7,9H2,1H3/t13-/m0/s1. The van der Waals surface area contributed by atoms with Crippen LogP contribution in [0.4, 0.5) is 23.2 Å². The zero-order valence-corrected chi connectivity index (χ0v) is 11.5. The van der Waals surface area contributed by atoms with Gasteiger partial charge >= 0.3 is 6.18 Å². The molecule has 3 nitrogen and oxygen atoms in total. The minimum atomic E-state index is -4.22. The van der Waals surface area contributed by atoms with Crippen LogP contribution < -0.4 is 5.32 Å². The summed E-state index contributed by atoms with van der Waals surface area (Å²) in [6.07, 6.45) is -3.60. The molecule has 0 aliphatic carbocycles. The topological polar surface area (TPSA) is 33.6 Å². The number of benzene rings is 1. The minimum Gasteiger partial charge on any atom is -0.385 e. The van der Waals surface area contributed by atoms with Gasteiger partial charge in [0.05, 0.1) is 19.6 Å². The average Bonchev–Trinajstić information content (AvgIpc) is 2.40. The second kappa shape index (κ2) is 6.01. The van der Waals surface area contributed by atoms with Gasteiger partial charge in [0, 0.05) is 24.0 Å². The van der Waals surface area contributed by atoms with Crippen LogP contribution in [0.5, 0.6) is 0 Å². The summed E-state index contributed by atoms with van der Waals surface area (Å²) in [5.41, 5.74) is -0.127. The normalized spacial score (nSPS) is 22.3. The Hall–Kier alpha value is -1.63. The van der Waals surface area contributed by atoms with E-state index in [1.54, 1.807) is 13.1 Å². The highest BCUT2D eigenvalue weighted by Crippen LogP contribution is 2.31. The van der Waals surface area contributed by atoms with Crippen molar-refractivity contribution in [1.82, 2.24) is 0 Å². The number of ether oxygens (including phenoxy) is 1. The molecule has 1 aliphatic heterocycles. The van der Waals surface area contributed by atoms with E-state index in [0.29, 0.717) is 17.9 Å². The van der Waals surface area contributed by atoms with Crippen molar-refractivity contribution in [2.75, 3.05) is 25.1 Å². The first-order valence-electron chi connectivity index (χ1n) is 6.52. The van der Waals surface area contributed by atoms with Crippen LogP contribution in [-0.4, -0.2) is 32.1 Å². The first kappa shape index (κ1) is 15.8. The van der Waals surface area contributed by atoms with Crippen molar-refractivity contribution in [3.05, 3.63) is 29.6 Å². The Morgan fingerprint density at radius 3 is 2.76 bits per heavy atom. The predicted octanol–water partition coefficient (Wildman–Crippen LogP) is 3.51. The summed E-state index contributed by atoms with van der Waals surface area (Å²) >= 11 is 0. The fraction of sp³-hybridized carbons (Fsp3) is 0.500. The van der Waals surface area contributed by atoms with E-state index in [-0.39, 0.29) is 13.2 Å². The molecule has 0 amide bonds. The lowest BCUT2D eigenvalue weighted by Crippen LogP contribution is -2.31. The number of hydrogen-bond acceptors (Lipinski definition) is 3. The number of alkyl halides is 3. The Kier molecular flexibility index (Phi) is 4.51. The summed E-state index contributed by atoms with van der Waals surface area (Å²) in [6, 6.07) is 4.12. The number of halogens is 4. The van der Waals surface area contributed by atoms with Gasteiger partial charge in [-0.1, -0.05) is 0 Å². The number of nitrogens with one attached hydrogen (secondary N) is 1. The van der Waals surface area contributed by atoms with Crippen LogP contribution in [0.3, 0.4) is 0 Å². The maximum Gasteiger partial charge on any atom is 0.390 e. The molecule has 1 aromatic carbocycles. The summed E-state index contributed by atoms with van der Waals surface area (Å²) in [7, 11) is 0. The van der Waals surface area contributed by atoms with Gasteiger partial charge in [0.15, 0.2) is 0 Å². The maximum atomic E-state index is 14.0. The van der Waals surface area contributed by atoms with Gasteiger partial charge in [0.1, 0.15) is 11.4 Å². The Morgan fingerprint density at radius 2 is 2.14 bits per heavy atom. The van der Waals surface area contributed by atoms with E-state index in [1.165, 1.54) is 18.2 Å². The van der Waals surface area contributed by atoms with Crippen molar-refractivity contribution in [2.24, 2.45) is 4.99 Å². The summed E-state index contributed by atoms with van der Waals surface area (Å²) in [5.74, 6) is -0.457. The molecule has 0 fully saturated rings. The van der Waals surface area contributed by atoms with Crippen molar-refractivity contribution in [2.45, 2.75) is 25.1 Å². The fourth-order valence-corrected chi connectivity index (χ4v) is 2.13. The van der Waals surface area contributed by atoms with Gasteiger partial charge in [-0.3, -0.25) is 4.99 Å². The maximum absolute atomic E-state index is 14.0. The molecule has 0 unspecified atom stereocenters. The van der Waals surface area contributed by atoms with Gasteiger partial charge in [0.25, 0.3) is 0 Å². The summed E-state index contributed by atoms with van der Waals surface area (Å²) in [5, 5.41) is 2.65. The van der Waals surface area contributed by atoms with E-state index in [4.69, 9.17) is 4.74 Å². The van der Waals surface area contributed by atoms with Crippen LogP contribution >= 0.6 is 0 Å². The molecule has 0 radical (unpaired) electrons. The summed E-state index contributed by atoms with van der Waals surface area (Å²) in [6.45, 7) is 2.07. The molecule has 1 aliphatic rings. The third-order valence-corrected chi connectivity index (χ3v) is 3.24. The smallest absolute Gasteiger partial charge is 0.385 e. The summed E-state index contributed by atoms with van der Waals surface area (Å²) in [4.78, 5) is 4.26. The number of anilines is 1. The number of aliphatic imine (C=N–C) groups is 1. The largest absolute Gasteiger partial charge is 0.390 e. The third-order valence-electron chi connectivity index (χ3n) is 3.24. The highest BCUT2D eigenvalue weighted by Gasteiger charge is 2.31. The quantitative estimate of drug-likeness (QED) is 0.864. The molecule has 0 saturated heterocycles. The van der Waals surface area contributed by atoms with E-state index in [9.17, 15) is 17.6 Å². The highest BCUT2D eigenvalue weighted by molar-refractivity contribution is 5.61. The summed E-state index contributed by atoms with van der Waals surface area (Å²) < 4.78 is 55.6. The molecule has 0 aromatic heterocycles. The second-order valence-electron chi connectivity index (χ2n) is 5.09. The first-order chi connectivity index (χ1) is 9.80. The van der Waals surface area contributed by atoms with Crippen LogP contribution in [0, 0.1) is 5.82 Å². The zero-order valence-electron chi connectivity index (χ0n) is 11.5. The van der Waals surface area contributed by atoms with E-state index < -0.39 is 24.0 Å². The molecular weight excluding hydrogens is 288 g/mol. The van der Waals surface area contributed by atoms with Crippen LogP contribution in [0.25, 0.3) is 0 Å². The lowest BCUT2D eigenvalue weighted by Gasteiger charge is -2.29. The molecule has 0 spiro atoms. The molecule has 21 heavy (non-hydrogen) atoms. The number of hydrogen-bond donors (Lipinski definition) is 1. The average molecular weight is 304 g/mol. The van der Waals surface area contributed by atoms with Crippen molar-refractivity contribution < 1.29 is 22.3 Å². The zero-order chi connectivity index (χ0) is 15.5. The Balaban J connectivity index is 2.14. The second-order valence-corrected chi connectivity index (χ2v) is 5.09. The highest BCUT2D eigenvalue weighted by atomic mass is 19.4. The van der Waals surface area contributed by atoms with E-state index in [2.05, 4.69) is 10.3 Å². The molecule has 1 aromatic rings. The lowest BCUT2D eigenvalue weighted by atomic mass is 9.92. The van der Waals surface area contributed by atoms with Crippen molar-refractivity contribution in [3.8, 4) is 0 Å². The molecular formula is C14H16F4N2O. The van der Waals surface area contributed by atoms with E-state index >= 15 is 0 Å². The Morgan fingerprint density at radius 1 is 1.38 bits per heavy atom. The Bertz CT molecular complexity index is 530. The van der Waals surface area contributed by atoms with Gasteiger partial charge in [-0.25, -0.2) is 4.39 Å². The molecule has 0 saturated carbocycles.